The molecule has 0 saturated carbocycles. The van der Waals surface area contributed by atoms with Gasteiger partial charge in [-0.2, -0.15) is 5.10 Å². The van der Waals surface area contributed by atoms with Crippen LogP contribution >= 0.6 is 0 Å². The zero-order valence-electron chi connectivity index (χ0n) is 24.6. The number of rotatable bonds is 8. The van der Waals surface area contributed by atoms with Gasteiger partial charge in [-0.15, -0.1) is 0 Å². The van der Waals surface area contributed by atoms with Gasteiger partial charge in [0.15, 0.2) is 0 Å². The number of aryl methyl sites for hydroxylation is 2. The van der Waals surface area contributed by atoms with Crippen molar-refractivity contribution in [3.8, 4) is 22.5 Å². The number of hydrogen-bond donors (Lipinski definition) is 3. The number of pyridine rings is 1. The minimum atomic E-state index is -0.154. The molecule has 0 spiro atoms. The highest BCUT2D eigenvalue weighted by Gasteiger charge is 2.15. The molecule has 6 rings (SSSR count). The van der Waals surface area contributed by atoms with Gasteiger partial charge < -0.3 is 15.5 Å². The highest BCUT2D eigenvalue weighted by molar-refractivity contribution is 6.04. The molecule has 3 N–H and O–H groups in total. The van der Waals surface area contributed by atoms with Crippen molar-refractivity contribution in [3.05, 3.63) is 102 Å². The van der Waals surface area contributed by atoms with Gasteiger partial charge in [0.05, 0.1) is 17.6 Å². The smallest absolute Gasteiger partial charge is 0.255 e. The van der Waals surface area contributed by atoms with Gasteiger partial charge in [0.25, 0.3) is 5.91 Å². The van der Waals surface area contributed by atoms with Crippen LogP contribution in [0, 0.1) is 13.8 Å². The van der Waals surface area contributed by atoms with Crippen LogP contribution in [0.3, 0.4) is 0 Å². The molecule has 0 aliphatic carbocycles. The largest absolute Gasteiger partial charge is 0.324 e. The van der Waals surface area contributed by atoms with Crippen molar-refractivity contribution in [1.29, 1.82) is 0 Å². The van der Waals surface area contributed by atoms with Gasteiger partial charge in [-0.1, -0.05) is 18.2 Å². The van der Waals surface area contributed by atoms with Crippen molar-refractivity contribution in [3.63, 3.8) is 0 Å². The number of amides is 1. The molecule has 10 heteroatoms. The van der Waals surface area contributed by atoms with Crippen LogP contribution < -0.4 is 10.6 Å². The minimum absolute atomic E-state index is 0.154. The lowest BCUT2D eigenvalue weighted by molar-refractivity contribution is 0.102. The molecule has 1 aliphatic rings. The molecule has 4 heterocycles. The first kappa shape index (κ1) is 28.2. The fourth-order valence-corrected chi connectivity index (χ4v) is 5.12. The number of anilines is 3. The zero-order valence-corrected chi connectivity index (χ0v) is 24.6. The van der Waals surface area contributed by atoms with E-state index in [1.807, 2.05) is 68.4 Å². The summed E-state index contributed by atoms with van der Waals surface area (Å²) >= 11 is 0. The Hall–Kier alpha value is -4.93. The Labute approximate surface area is 251 Å². The van der Waals surface area contributed by atoms with Crippen molar-refractivity contribution in [1.82, 2.24) is 34.9 Å². The third-order valence-corrected chi connectivity index (χ3v) is 7.77. The van der Waals surface area contributed by atoms with E-state index in [4.69, 9.17) is 4.98 Å². The van der Waals surface area contributed by atoms with Gasteiger partial charge in [-0.05, 0) is 74.0 Å². The lowest BCUT2D eigenvalue weighted by Gasteiger charge is -2.32. The number of nitrogens with zero attached hydrogens (tertiary/aromatic N) is 6. The van der Waals surface area contributed by atoms with Crippen molar-refractivity contribution < 1.29 is 4.79 Å². The van der Waals surface area contributed by atoms with Crippen LogP contribution in [-0.4, -0.2) is 74.1 Å². The van der Waals surface area contributed by atoms with Crippen LogP contribution in [0.2, 0.25) is 0 Å². The van der Waals surface area contributed by atoms with Crippen LogP contribution in [0.15, 0.2) is 79.4 Å². The number of carbonyl (C=O) groups is 1. The molecule has 1 aliphatic heterocycles. The van der Waals surface area contributed by atoms with Crippen LogP contribution in [0.25, 0.3) is 22.5 Å². The maximum atomic E-state index is 13.1. The van der Waals surface area contributed by atoms with Crippen LogP contribution in [-0.2, 0) is 6.54 Å². The predicted octanol–water partition coefficient (Wildman–Crippen LogP) is 5.29. The molecule has 0 atom stereocenters. The predicted molar refractivity (Wildman–Crippen MR) is 169 cm³/mol. The lowest BCUT2D eigenvalue weighted by Crippen LogP contribution is -2.43. The molecule has 0 unspecified atom stereocenters. The van der Waals surface area contributed by atoms with Crippen molar-refractivity contribution >= 4 is 23.2 Å². The van der Waals surface area contributed by atoms with Gasteiger partial charge in [0, 0.05) is 79.4 Å². The number of carbonyl (C=O) groups excluding carboxylic acids is 1. The Kier molecular flexibility index (Phi) is 8.21. The summed E-state index contributed by atoms with van der Waals surface area (Å²) in [6, 6.07) is 17.5. The van der Waals surface area contributed by atoms with Gasteiger partial charge >= 0.3 is 0 Å². The van der Waals surface area contributed by atoms with E-state index >= 15 is 0 Å². The molecule has 1 saturated heterocycles. The molecule has 0 bridgehead atoms. The van der Waals surface area contributed by atoms with Crippen molar-refractivity contribution in [2.75, 3.05) is 43.9 Å². The number of nitrogens with one attached hydrogen (secondary N) is 3. The summed E-state index contributed by atoms with van der Waals surface area (Å²) in [7, 11) is 2.16. The highest BCUT2D eigenvalue weighted by atomic mass is 16.1. The fourth-order valence-electron chi connectivity index (χ4n) is 5.12. The van der Waals surface area contributed by atoms with E-state index in [1.165, 1.54) is 5.56 Å². The first-order valence-corrected chi connectivity index (χ1v) is 14.4. The van der Waals surface area contributed by atoms with Gasteiger partial charge in [0.1, 0.15) is 0 Å². The first-order valence-electron chi connectivity index (χ1n) is 14.4. The molecular formula is C33H35N9O. The topological polar surface area (TPSA) is 115 Å². The summed E-state index contributed by atoms with van der Waals surface area (Å²) < 4.78 is 0. The van der Waals surface area contributed by atoms with Gasteiger partial charge in [0.2, 0.25) is 5.95 Å². The third kappa shape index (κ3) is 6.77. The van der Waals surface area contributed by atoms with Gasteiger partial charge in [-0.3, -0.25) is 19.8 Å². The van der Waals surface area contributed by atoms with E-state index in [-0.39, 0.29) is 5.91 Å². The molecule has 10 nitrogen and oxygen atoms in total. The summed E-state index contributed by atoms with van der Waals surface area (Å²) in [6.45, 7) is 9.20. The second-order valence-electron chi connectivity index (χ2n) is 11.0. The number of hydrogen-bond acceptors (Lipinski definition) is 8. The van der Waals surface area contributed by atoms with Crippen LogP contribution in [0.1, 0.15) is 27.0 Å². The molecule has 2 aromatic carbocycles. The molecule has 1 amide bonds. The molecular weight excluding hydrogens is 538 g/mol. The summed E-state index contributed by atoms with van der Waals surface area (Å²) in [6.07, 6.45) is 7.09. The second-order valence-corrected chi connectivity index (χ2v) is 11.0. The van der Waals surface area contributed by atoms with Crippen molar-refractivity contribution in [2.45, 2.75) is 20.4 Å². The monoisotopic (exact) mass is 573 g/mol. The van der Waals surface area contributed by atoms with E-state index in [2.05, 4.69) is 47.6 Å². The maximum Gasteiger partial charge on any atom is 0.255 e. The number of aromatic amines is 1. The Morgan fingerprint density at radius 3 is 2.47 bits per heavy atom. The Morgan fingerprint density at radius 1 is 0.907 bits per heavy atom. The van der Waals surface area contributed by atoms with E-state index in [0.29, 0.717) is 17.2 Å². The zero-order chi connectivity index (χ0) is 29.8. The Morgan fingerprint density at radius 2 is 1.70 bits per heavy atom. The molecule has 218 valence electrons. The van der Waals surface area contributed by atoms with Gasteiger partial charge in [-0.25, -0.2) is 9.97 Å². The molecule has 3 aromatic heterocycles. The van der Waals surface area contributed by atoms with E-state index in [1.54, 1.807) is 24.8 Å². The maximum absolute atomic E-state index is 13.1. The van der Waals surface area contributed by atoms with E-state index < -0.39 is 0 Å². The summed E-state index contributed by atoms with van der Waals surface area (Å²) in [4.78, 5) is 31.4. The number of piperazine rings is 1. The SMILES string of the molecule is Cc1ccc(NC(=O)c2ccc(CN3CCN(C)CC3)cc2)cc1Nc1nccc(-c2cncc(-c3[nH]ncc3C)c2)n1. The number of aromatic nitrogens is 5. The summed E-state index contributed by atoms with van der Waals surface area (Å²) in [5, 5.41) is 13.5. The minimum Gasteiger partial charge on any atom is -0.324 e. The third-order valence-electron chi connectivity index (χ3n) is 7.77. The quantitative estimate of drug-likeness (QED) is 0.229. The van der Waals surface area contributed by atoms with Crippen LogP contribution in [0.5, 0.6) is 0 Å². The highest BCUT2D eigenvalue weighted by Crippen LogP contribution is 2.27. The summed E-state index contributed by atoms with van der Waals surface area (Å²) in [5.74, 6) is 0.294. The molecule has 0 radical (unpaired) electrons. The van der Waals surface area contributed by atoms with Crippen LogP contribution in [0.4, 0.5) is 17.3 Å². The molecule has 43 heavy (non-hydrogen) atoms. The average molecular weight is 574 g/mol. The molecule has 1 fully saturated rings. The van der Waals surface area contributed by atoms with E-state index in [9.17, 15) is 4.79 Å². The lowest BCUT2D eigenvalue weighted by atomic mass is 10.1. The normalized spacial score (nSPS) is 14.0. The fraction of sp³-hybridized carbons (Fsp3) is 0.242. The Balaban J connectivity index is 1.13. The standard InChI is InChI=1S/C33H35N9O/c1-22-4-9-28(37-32(43)25-7-5-24(6-8-25)21-42-14-12-41(3)13-15-42)17-30(22)39-33-35-11-10-29(38-33)26-16-27(20-34-19-26)31-23(2)18-36-40-31/h4-11,16-20H,12-15,21H2,1-3H3,(H,36,40)(H,37,43)(H,35,38,39). The number of likely N-dealkylation sites (N-methyl/N-ethyl adjacent to an activating group) is 1. The number of benzene rings is 2. The molecule has 5 aromatic rings. The second kappa shape index (κ2) is 12.5. The summed E-state index contributed by atoms with van der Waals surface area (Å²) in [5.41, 5.74) is 8.83. The number of H-pyrrole nitrogens is 1. The first-order chi connectivity index (χ1) is 20.9. The van der Waals surface area contributed by atoms with E-state index in [0.717, 1.165) is 72.1 Å². The Bertz CT molecular complexity index is 1720. The van der Waals surface area contributed by atoms with Crippen molar-refractivity contribution in [2.24, 2.45) is 0 Å². The average Bonchev–Trinajstić information content (AvgIpc) is 3.46.